The predicted molar refractivity (Wildman–Crippen MR) is 85.4 cm³/mol. The Morgan fingerprint density at radius 3 is 2.81 bits per heavy atom. The number of aryl methyl sites for hydroxylation is 1. The highest BCUT2D eigenvalue weighted by atomic mass is 35.5. The highest BCUT2D eigenvalue weighted by Gasteiger charge is 2.06. The van der Waals surface area contributed by atoms with Gasteiger partial charge in [0, 0.05) is 12.7 Å². The first-order valence-corrected chi connectivity index (χ1v) is 7.26. The number of carbonyl (C=O) groups is 1. The van der Waals surface area contributed by atoms with E-state index in [1.807, 2.05) is 24.3 Å². The van der Waals surface area contributed by atoms with E-state index in [0.717, 1.165) is 12.1 Å². The molecule has 5 heteroatoms. The van der Waals surface area contributed by atoms with Gasteiger partial charge in [0.25, 0.3) is 0 Å². The Kier molecular flexibility index (Phi) is 5.72. The van der Waals surface area contributed by atoms with Crippen LogP contribution in [0.1, 0.15) is 18.2 Å². The van der Waals surface area contributed by atoms with Crippen LogP contribution in [0, 0.1) is 0 Å². The van der Waals surface area contributed by atoms with Crippen molar-refractivity contribution in [3.63, 3.8) is 0 Å². The second-order valence-electron chi connectivity index (χ2n) is 4.59. The molecule has 0 fully saturated rings. The molecule has 0 radical (unpaired) electrons. The molecule has 1 aromatic heterocycles. The van der Waals surface area contributed by atoms with Gasteiger partial charge in [0.1, 0.15) is 0 Å². The van der Waals surface area contributed by atoms with Gasteiger partial charge in [-0.25, -0.2) is 0 Å². The normalized spacial score (nSPS) is 10.4. The van der Waals surface area contributed by atoms with Gasteiger partial charge in [-0.15, -0.1) is 0 Å². The summed E-state index contributed by atoms with van der Waals surface area (Å²) >= 11 is 5.99. The highest BCUT2D eigenvalue weighted by Crippen LogP contribution is 2.19. The predicted octanol–water partition coefficient (Wildman–Crippen LogP) is 3.03. The number of nitrogens with one attached hydrogen (secondary N) is 2. The lowest BCUT2D eigenvalue weighted by atomic mass is 10.1. The number of amides is 1. The molecule has 2 aromatic rings. The van der Waals surface area contributed by atoms with E-state index in [1.165, 1.54) is 5.56 Å². The number of hydrogen-bond acceptors (Lipinski definition) is 3. The van der Waals surface area contributed by atoms with E-state index in [-0.39, 0.29) is 12.5 Å². The summed E-state index contributed by atoms with van der Waals surface area (Å²) in [6.45, 7) is 2.87. The number of hydrogen-bond donors (Lipinski definition) is 2. The molecule has 0 bridgehead atoms. The smallest absolute Gasteiger partial charge is 0.238 e. The molecular weight excluding hydrogens is 286 g/mol. The molecule has 0 spiro atoms. The van der Waals surface area contributed by atoms with E-state index in [1.54, 1.807) is 18.3 Å². The average Bonchev–Trinajstić information content (AvgIpc) is 2.50. The Labute approximate surface area is 129 Å². The minimum Gasteiger partial charge on any atom is -0.324 e. The Morgan fingerprint density at radius 2 is 2.05 bits per heavy atom. The number of halogens is 1. The van der Waals surface area contributed by atoms with Crippen LogP contribution in [0.15, 0.2) is 42.6 Å². The maximum Gasteiger partial charge on any atom is 0.238 e. The van der Waals surface area contributed by atoms with E-state index < -0.39 is 0 Å². The third kappa shape index (κ3) is 4.55. The first-order valence-electron chi connectivity index (χ1n) is 6.88. The minimum atomic E-state index is -0.128. The third-order valence-corrected chi connectivity index (χ3v) is 3.42. The molecule has 1 aromatic carbocycles. The van der Waals surface area contributed by atoms with E-state index in [2.05, 4.69) is 22.5 Å². The Bertz CT molecular complexity index is 616. The number of nitrogens with zero attached hydrogens (tertiary/aromatic N) is 1. The van der Waals surface area contributed by atoms with Crippen molar-refractivity contribution in [3.8, 4) is 0 Å². The molecular formula is C16H18ClN3O. The van der Waals surface area contributed by atoms with Crippen LogP contribution in [-0.2, 0) is 17.8 Å². The first kappa shape index (κ1) is 15.5. The molecule has 0 saturated carbocycles. The second kappa shape index (κ2) is 7.76. The Hall–Kier alpha value is -1.91. The standard InChI is InChI=1S/C16H18ClN3O/c1-2-12-6-5-9-19-15(12)10-18-11-16(21)20-14-8-4-3-7-13(14)17/h3-9,18H,2,10-11H2,1H3,(H,20,21). The fraction of sp³-hybridized carbons (Fsp3) is 0.250. The van der Waals surface area contributed by atoms with Crippen LogP contribution < -0.4 is 10.6 Å². The summed E-state index contributed by atoms with van der Waals surface area (Å²) in [5, 5.41) is 6.40. The number of aromatic nitrogens is 1. The molecule has 21 heavy (non-hydrogen) atoms. The molecule has 1 heterocycles. The van der Waals surface area contributed by atoms with Crippen LogP contribution in [0.3, 0.4) is 0 Å². The van der Waals surface area contributed by atoms with Crippen molar-refractivity contribution in [2.24, 2.45) is 0 Å². The molecule has 0 aliphatic carbocycles. The number of benzene rings is 1. The van der Waals surface area contributed by atoms with Crippen LogP contribution in [0.4, 0.5) is 5.69 Å². The van der Waals surface area contributed by atoms with Gasteiger partial charge in [0.2, 0.25) is 5.91 Å². The molecule has 0 atom stereocenters. The molecule has 0 unspecified atom stereocenters. The molecule has 0 saturated heterocycles. The number of anilines is 1. The zero-order valence-electron chi connectivity index (χ0n) is 11.9. The molecule has 2 rings (SSSR count). The highest BCUT2D eigenvalue weighted by molar-refractivity contribution is 6.33. The number of pyridine rings is 1. The van der Waals surface area contributed by atoms with Gasteiger partial charge in [-0.05, 0) is 30.2 Å². The van der Waals surface area contributed by atoms with Crippen molar-refractivity contribution < 1.29 is 4.79 Å². The van der Waals surface area contributed by atoms with Gasteiger partial charge in [0.15, 0.2) is 0 Å². The number of para-hydroxylation sites is 1. The van der Waals surface area contributed by atoms with Crippen molar-refractivity contribution in [2.75, 3.05) is 11.9 Å². The van der Waals surface area contributed by atoms with E-state index >= 15 is 0 Å². The molecule has 4 nitrogen and oxygen atoms in total. The maximum atomic E-state index is 11.9. The number of carbonyl (C=O) groups excluding carboxylic acids is 1. The van der Waals surface area contributed by atoms with E-state index in [4.69, 9.17) is 11.6 Å². The molecule has 0 aliphatic heterocycles. The summed E-state index contributed by atoms with van der Waals surface area (Å²) in [5.41, 5.74) is 2.79. The fourth-order valence-electron chi connectivity index (χ4n) is 2.00. The third-order valence-electron chi connectivity index (χ3n) is 3.09. The minimum absolute atomic E-state index is 0.128. The van der Waals surface area contributed by atoms with Crippen LogP contribution in [0.25, 0.3) is 0 Å². The molecule has 1 amide bonds. The topological polar surface area (TPSA) is 54.0 Å². The van der Waals surface area contributed by atoms with Gasteiger partial charge < -0.3 is 10.6 Å². The summed E-state index contributed by atoms with van der Waals surface area (Å²) in [5.74, 6) is -0.128. The fourth-order valence-corrected chi connectivity index (χ4v) is 2.19. The largest absolute Gasteiger partial charge is 0.324 e. The van der Waals surface area contributed by atoms with Gasteiger partial charge in [-0.3, -0.25) is 9.78 Å². The SMILES string of the molecule is CCc1cccnc1CNCC(=O)Nc1ccccc1Cl. The van der Waals surface area contributed by atoms with Gasteiger partial charge in [-0.2, -0.15) is 0 Å². The van der Waals surface area contributed by atoms with E-state index in [9.17, 15) is 4.79 Å². The zero-order chi connectivity index (χ0) is 15.1. The van der Waals surface area contributed by atoms with Crippen LogP contribution >= 0.6 is 11.6 Å². The van der Waals surface area contributed by atoms with Gasteiger partial charge >= 0.3 is 0 Å². The van der Waals surface area contributed by atoms with Crippen molar-refractivity contribution in [1.82, 2.24) is 10.3 Å². The van der Waals surface area contributed by atoms with Gasteiger partial charge in [-0.1, -0.05) is 36.7 Å². The monoisotopic (exact) mass is 303 g/mol. The lowest BCUT2D eigenvalue weighted by molar-refractivity contribution is -0.115. The Morgan fingerprint density at radius 1 is 1.24 bits per heavy atom. The van der Waals surface area contributed by atoms with Crippen molar-refractivity contribution in [1.29, 1.82) is 0 Å². The van der Waals surface area contributed by atoms with E-state index in [0.29, 0.717) is 17.3 Å². The lowest BCUT2D eigenvalue weighted by Gasteiger charge is -2.09. The summed E-state index contributed by atoms with van der Waals surface area (Å²) in [4.78, 5) is 16.2. The van der Waals surface area contributed by atoms with Crippen molar-refractivity contribution in [2.45, 2.75) is 19.9 Å². The lowest BCUT2D eigenvalue weighted by Crippen LogP contribution is -2.28. The zero-order valence-corrected chi connectivity index (χ0v) is 12.7. The maximum absolute atomic E-state index is 11.9. The molecule has 0 aliphatic rings. The first-order chi connectivity index (χ1) is 10.2. The van der Waals surface area contributed by atoms with Crippen LogP contribution in [-0.4, -0.2) is 17.4 Å². The molecule has 2 N–H and O–H groups in total. The number of rotatable bonds is 6. The summed E-state index contributed by atoms with van der Waals surface area (Å²) in [6.07, 6.45) is 2.69. The van der Waals surface area contributed by atoms with Crippen LogP contribution in [0.2, 0.25) is 5.02 Å². The van der Waals surface area contributed by atoms with Gasteiger partial charge in [0.05, 0.1) is 22.9 Å². The second-order valence-corrected chi connectivity index (χ2v) is 5.00. The quantitative estimate of drug-likeness (QED) is 0.862. The molecule has 110 valence electrons. The van der Waals surface area contributed by atoms with Crippen LogP contribution in [0.5, 0.6) is 0 Å². The Balaban J connectivity index is 1.83. The summed E-state index contributed by atoms with van der Waals surface area (Å²) < 4.78 is 0. The van der Waals surface area contributed by atoms with Crippen molar-refractivity contribution in [3.05, 3.63) is 58.9 Å². The summed E-state index contributed by atoms with van der Waals surface area (Å²) in [7, 11) is 0. The summed E-state index contributed by atoms with van der Waals surface area (Å²) in [6, 6.07) is 11.1. The van der Waals surface area contributed by atoms with Crippen molar-refractivity contribution >= 4 is 23.2 Å². The average molecular weight is 304 g/mol.